The normalized spacial score (nSPS) is 15.6. The Kier molecular flexibility index (Phi) is 4.91. The largest absolute Gasteiger partial charge is 0.339 e. The Balaban J connectivity index is 2.27. The minimum absolute atomic E-state index is 0.102. The number of rotatable bonds is 5. The first kappa shape index (κ1) is 16.3. The molecule has 0 unspecified atom stereocenters. The predicted octanol–water partition coefficient (Wildman–Crippen LogP) is 2.25. The zero-order valence-corrected chi connectivity index (χ0v) is 13.5. The van der Waals surface area contributed by atoms with Crippen LogP contribution >= 0.6 is 11.6 Å². The van der Waals surface area contributed by atoms with Crippen molar-refractivity contribution in [3.63, 3.8) is 0 Å². The monoisotopic (exact) mass is 330 g/mol. The second kappa shape index (κ2) is 6.34. The standard InChI is InChI=1S/C14H19ClN2O3S/c1-2-17(9-10-4-3-5-10)14(18)12-8-11(21(16,19)20)6-7-13(12)15/h6-8,10H,2-5,9H2,1H3,(H2,16,19,20). The van der Waals surface area contributed by atoms with Crippen LogP contribution in [0.2, 0.25) is 5.02 Å². The molecule has 0 bridgehead atoms. The van der Waals surface area contributed by atoms with E-state index in [9.17, 15) is 13.2 Å². The maximum absolute atomic E-state index is 12.6. The first-order chi connectivity index (χ1) is 9.82. The topological polar surface area (TPSA) is 80.5 Å². The Morgan fingerprint density at radius 3 is 2.57 bits per heavy atom. The van der Waals surface area contributed by atoms with Crippen LogP contribution in [0.3, 0.4) is 0 Å². The predicted molar refractivity (Wildman–Crippen MR) is 81.7 cm³/mol. The van der Waals surface area contributed by atoms with Crippen LogP contribution in [0.15, 0.2) is 23.1 Å². The number of nitrogens with zero attached hydrogens (tertiary/aromatic N) is 1. The van der Waals surface area contributed by atoms with Gasteiger partial charge in [-0.05, 0) is 43.9 Å². The van der Waals surface area contributed by atoms with Gasteiger partial charge in [0.15, 0.2) is 0 Å². The Bertz CT molecular complexity index is 642. The van der Waals surface area contributed by atoms with Gasteiger partial charge in [-0.15, -0.1) is 0 Å². The summed E-state index contributed by atoms with van der Waals surface area (Å²) in [6.07, 6.45) is 3.47. The molecule has 1 aliphatic carbocycles. The molecular formula is C14H19ClN2O3S. The second-order valence-electron chi connectivity index (χ2n) is 5.33. The van der Waals surface area contributed by atoms with Crippen LogP contribution in [0.1, 0.15) is 36.5 Å². The van der Waals surface area contributed by atoms with Crippen molar-refractivity contribution in [1.82, 2.24) is 4.90 Å². The summed E-state index contributed by atoms with van der Waals surface area (Å²) in [5, 5.41) is 5.34. The molecule has 1 aromatic carbocycles. The third kappa shape index (κ3) is 3.75. The highest BCUT2D eigenvalue weighted by molar-refractivity contribution is 7.89. The smallest absolute Gasteiger partial charge is 0.255 e. The van der Waals surface area contributed by atoms with Crippen molar-refractivity contribution in [3.05, 3.63) is 28.8 Å². The molecule has 0 spiro atoms. The molecule has 0 radical (unpaired) electrons. The van der Waals surface area contributed by atoms with E-state index in [4.69, 9.17) is 16.7 Å². The van der Waals surface area contributed by atoms with Crippen LogP contribution in [-0.4, -0.2) is 32.3 Å². The summed E-state index contributed by atoms with van der Waals surface area (Å²) < 4.78 is 22.8. The Labute approximate surface area is 130 Å². The van der Waals surface area contributed by atoms with Crippen molar-refractivity contribution in [2.75, 3.05) is 13.1 Å². The maximum atomic E-state index is 12.6. The summed E-state index contributed by atoms with van der Waals surface area (Å²) in [6.45, 7) is 3.14. The number of halogens is 1. The number of primary sulfonamides is 1. The first-order valence-corrected chi connectivity index (χ1v) is 8.87. The molecule has 0 saturated heterocycles. The van der Waals surface area contributed by atoms with Crippen LogP contribution in [-0.2, 0) is 10.0 Å². The fourth-order valence-corrected chi connectivity index (χ4v) is 3.10. The molecule has 116 valence electrons. The van der Waals surface area contributed by atoms with Gasteiger partial charge < -0.3 is 4.90 Å². The van der Waals surface area contributed by atoms with Gasteiger partial charge in [0.2, 0.25) is 10.0 Å². The molecule has 1 aromatic rings. The number of nitrogens with two attached hydrogens (primary N) is 1. The number of hydrogen-bond donors (Lipinski definition) is 1. The van der Waals surface area contributed by atoms with Crippen molar-refractivity contribution >= 4 is 27.5 Å². The molecule has 0 aliphatic heterocycles. The van der Waals surface area contributed by atoms with Crippen molar-refractivity contribution in [3.8, 4) is 0 Å². The Morgan fingerprint density at radius 2 is 2.10 bits per heavy atom. The van der Waals surface area contributed by atoms with Crippen LogP contribution in [0.25, 0.3) is 0 Å². The zero-order valence-electron chi connectivity index (χ0n) is 11.9. The Hall–Kier alpha value is -1.11. The molecule has 2 rings (SSSR count). The van der Waals surface area contributed by atoms with Gasteiger partial charge in [-0.3, -0.25) is 4.79 Å². The molecule has 1 aliphatic rings. The van der Waals surface area contributed by atoms with Crippen LogP contribution in [0, 0.1) is 5.92 Å². The lowest BCUT2D eigenvalue weighted by Crippen LogP contribution is -2.37. The van der Waals surface area contributed by atoms with E-state index >= 15 is 0 Å². The summed E-state index contributed by atoms with van der Waals surface area (Å²) >= 11 is 6.04. The van der Waals surface area contributed by atoms with Crippen LogP contribution in [0.5, 0.6) is 0 Å². The highest BCUT2D eigenvalue weighted by atomic mass is 35.5. The molecule has 1 saturated carbocycles. The molecule has 5 nitrogen and oxygen atoms in total. The highest BCUT2D eigenvalue weighted by Gasteiger charge is 2.25. The summed E-state index contributed by atoms with van der Waals surface area (Å²) in [5.74, 6) is 0.286. The van der Waals surface area contributed by atoms with Gasteiger partial charge in [0.25, 0.3) is 5.91 Å². The molecule has 0 heterocycles. The van der Waals surface area contributed by atoms with E-state index < -0.39 is 10.0 Å². The molecule has 2 N–H and O–H groups in total. The van der Waals surface area contributed by atoms with Crippen LogP contribution in [0.4, 0.5) is 0 Å². The average Bonchev–Trinajstić information content (AvgIpc) is 2.36. The van der Waals surface area contributed by atoms with Gasteiger partial charge in [-0.1, -0.05) is 18.0 Å². The number of amides is 1. The maximum Gasteiger partial charge on any atom is 0.255 e. The minimum Gasteiger partial charge on any atom is -0.339 e. The number of hydrogen-bond acceptors (Lipinski definition) is 3. The SMILES string of the molecule is CCN(CC1CCC1)C(=O)c1cc(S(N)(=O)=O)ccc1Cl. The number of carbonyl (C=O) groups excluding carboxylic acids is 1. The van der Waals surface area contributed by atoms with Crippen molar-refractivity contribution < 1.29 is 13.2 Å². The zero-order chi connectivity index (χ0) is 15.6. The Morgan fingerprint density at radius 1 is 1.43 bits per heavy atom. The molecule has 1 amide bonds. The lowest BCUT2D eigenvalue weighted by molar-refractivity contribution is 0.0706. The van der Waals surface area contributed by atoms with Crippen molar-refractivity contribution in [2.45, 2.75) is 31.1 Å². The number of benzene rings is 1. The van der Waals surface area contributed by atoms with Crippen LogP contribution < -0.4 is 5.14 Å². The lowest BCUT2D eigenvalue weighted by atomic mass is 9.85. The summed E-state index contributed by atoms with van der Waals surface area (Å²) in [4.78, 5) is 14.2. The fourth-order valence-electron chi connectivity index (χ4n) is 2.36. The van der Waals surface area contributed by atoms with Gasteiger partial charge in [0, 0.05) is 13.1 Å². The summed E-state index contributed by atoms with van der Waals surface area (Å²) in [7, 11) is -3.85. The van der Waals surface area contributed by atoms with Crippen molar-refractivity contribution in [1.29, 1.82) is 0 Å². The van der Waals surface area contributed by atoms with E-state index in [2.05, 4.69) is 0 Å². The van der Waals surface area contributed by atoms with Crippen molar-refractivity contribution in [2.24, 2.45) is 11.1 Å². The van der Waals surface area contributed by atoms with Gasteiger partial charge in [0.1, 0.15) is 0 Å². The van der Waals surface area contributed by atoms with Gasteiger partial charge >= 0.3 is 0 Å². The van der Waals surface area contributed by atoms with E-state index in [1.165, 1.54) is 24.6 Å². The third-order valence-corrected chi connectivity index (χ3v) is 5.11. The first-order valence-electron chi connectivity index (χ1n) is 6.94. The summed E-state index contributed by atoms with van der Waals surface area (Å²) in [6, 6.07) is 3.95. The molecular weight excluding hydrogens is 312 g/mol. The highest BCUT2D eigenvalue weighted by Crippen LogP contribution is 2.28. The molecule has 1 fully saturated rings. The number of carbonyl (C=O) groups is 1. The lowest BCUT2D eigenvalue weighted by Gasteiger charge is -2.32. The van der Waals surface area contributed by atoms with E-state index in [1.807, 2.05) is 6.92 Å². The van der Waals surface area contributed by atoms with Gasteiger partial charge in [-0.25, -0.2) is 13.6 Å². The number of sulfonamides is 1. The minimum atomic E-state index is -3.85. The molecule has 21 heavy (non-hydrogen) atoms. The third-order valence-electron chi connectivity index (χ3n) is 3.87. The average molecular weight is 331 g/mol. The van der Waals surface area contributed by atoms with Gasteiger partial charge in [0.05, 0.1) is 15.5 Å². The van der Waals surface area contributed by atoms with E-state index in [0.717, 1.165) is 12.8 Å². The quantitative estimate of drug-likeness (QED) is 0.899. The molecule has 0 atom stereocenters. The van der Waals surface area contributed by atoms with Gasteiger partial charge in [-0.2, -0.15) is 0 Å². The molecule has 0 aromatic heterocycles. The fraction of sp³-hybridized carbons (Fsp3) is 0.500. The van der Waals surface area contributed by atoms with E-state index in [-0.39, 0.29) is 21.4 Å². The van der Waals surface area contributed by atoms with E-state index in [0.29, 0.717) is 19.0 Å². The summed E-state index contributed by atoms with van der Waals surface area (Å²) in [5.41, 5.74) is 0.185. The second-order valence-corrected chi connectivity index (χ2v) is 7.30. The molecule has 7 heteroatoms. The van der Waals surface area contributed by atoms with E-state index in [1.54, 1.807) is 4.90 Å².